The molecule has 0 aliphatic heterocycles. The van der Waals surface area contributed by atoms with Gasteiger partial charge in [0, 0.05) is 33.5 Å². The Labute approximate surface area is 224 Å². The molecule has 5 rings (SSSR count). The van der Waals surface area contributed by atoms with Gasteiger partial charge in [0.15, 0.2) is 0 Å². The summed E-state index contributed by atoms with van der Waals surface area (Å²) in [6, 6.07) is 19.7. The molecule has 1 atom stereocenters. The number of aliphatic hydroxyl groups is 1. The van der Waals surface area contributed by atoms with Crippen LogP contribution in [-0.2, 0) is 16.6 Å². The van der Waals surface area contributed by atoms with Gasteiger partial charge in [0.1, 0.15) is 11.2 Å². The Morgan fingerprint density at radius 3 is 2.63 bits per heavy atom. The number of fused-ring (bicyclic) bond motifs is 2. The topological polar surface area (TPSA) is 106 Å². The lowest BCUT2D eigenvalue weighted by molar-refractivity contribution is -0.136. The fraction of sp³-hybridized carbons (Fsp3) is 0.233. The number of amides is 1. The zero-order valence-corrected chi connectivity index (χ0v) is 22.0. The first-order chi connectivity index (χ1) is 18.1. The Bertz CT molecular complexity index is 1720. The van der Waals surface area contributed by atoms with Gasteiger partial charge >= 0.3 is 5.63 Å². The molecule has 2 aromatic heterocycles. The Kier molecular flexibility index (Phi) is 6.59. The highest BCUT2D eigenvalue weighted by molar-refractivity contribution is 6.31. The Morgan fingerprint density at radius 1 is 1.05 bits per heavy atom. The average molecular weight is 531 g/mol. The maximum Gasteiger partial charge on any atom is 0.366 e. The lowest BCUT2D eigenvalue weighted by Crippen LogP contribution is -2.49. The molecule has 0 bridgehead atoms. The van der Waals surface area contributed by atoms with Crippen molar-refractivity contribution in [3.8, 4) is 0 Å². The van der Waals surface area contributed by atoms with Crippen LogP contribution in [0.4, 0.5) is 5.69 Å². The summed E-state index contributed by atoms with van der Waals surface area (Å²) in [5, 5.41) is 21.0. The van der Waals surface area contributed by atoms with Crippen molar-refractivity contribution in [1.82, 2.24) is 5.16 Å². The van der Waals surface area contributed by atoms with E-state index >= 15 is 0 Å². The Morgan fingerprint density at radius 2 is 1.84 bits per heavy atom. The number of hydrogen-bond donors (Lipinski definition) is 2. The summed E-state index contributed by atoms with van der Waals surface area (Å²) in [4.78, 5) is 25.9. The lowest BCUT2D eigenvalue weighted by Gasteiger charge is -2.36. The van der Waals surface area contributed by atoms with E-state index in [9.17, 15) is 14.7 Å². The van der Waals surface area contributed by atoms with Gasteiger partial charge in [0.2, 0.25) is 0 Å². The summed E-state index contributed by atoms with van der Waals surface area (Å²) in [7, 11) is 0. The largest absolute Gasteiger partial charge is 0.464 e. The summed E-state index contributed by atoms with van der Waals surface area (Å²) in [5.74, 6) is -0.593. The molecule has 0 spiro atoms. The van der Waals surface area contributed by atoms with Gasteiger partial charge in [-0.3, -0.25) is 4.79 Å². The van der Waals surface area contributed by atoms with E-state index in [-0.39, 0.29) is 12.8 Å². The maximum absolute atomic E-state index is 13.8. The van der Waals surface area contributed by atoms with E-state index in [2.05, 4.69) is 10.5 Å². The molecule has 38 heavy (non-hydrogen) atoms. The molecule has 1 unspecified atom stereocenters. The van der Waals surface area contributed by atoms with E-state index in [4.69, 9.17) is 20.5 Å². The smallest absolute Gasteiger partial charge is 0.366 e. The predicted molar refractivity (Wildman–Crippen MR) is 148 cm³/mol. The summed E-state index contributed by atoms with van der Waals surface area (Å²) >= 11 is 6.44. The highest BCUT2D eigenvalue weighted by Gasteiger charge is 2.43. The molecule has 5 aromatic rings. The summed E-state index contributed by atoms with van der Waals surface area (Å²) < 4.78 is 10.6. The van der Waals surface area contributed by atoms with Crippen molar-refractivity contribution >= 4 is 44.9 Å². The number of anilines is 1. The van der Waals surface area contributed by atoms with E-state index in [1.165, 1.54) is 0 Å². The van der Waals surface area contributed by atoms with Crippen molar-refractivity contribution in [3.63, 3.8) is 0 Å². The number of halogens is 1. The number of aromatic nitrogens is 1. The molecule has 194 valence electrons. The Balaban J connectivity index is 1.53. The Hall–Kier alpha value is -3.94. The standard InChI is InChI=1S/C30H27ClN2O5/c1-18-23-15-21(11-12-22(23)27(34)38-33-18)32-28(35)30(36,16-20-7-4-5-10-25(20)31)17-29(2,3)24-9-6-8-19-13-14-37-26(19)24/h4-15,36H,16-17H2,1-3H3,(H,32,35). The van der Waals surface area contributed by atoms with Crippen LogP contribution < -0.4 is 10.9 Å². The minimum Gasteiger partial charge on any atom is -0.464 e. The highest BCUT2D eigenvalue weighted by atomic mass is 35.5. The molecule has 0 saturated heterocycles. The van der Waals surface area contributed by atoms with Crippen molar-refractivity contribution in [3.05, 3.63) is 105 Å². The second kappa shape index (κ2) is 9.74. The maximum atomic E-state index is 13.8. The number of para-hydroxylation sites is 1. The minimum atomic E-state index is -1.85. The van der Waals surface area contributed by atoms with Crippen LogP contribution in [0.2, 0.25) is 5.02 Å². The molecule has 1 amide bonds. The van der Waals surface area contributed by atoms with Crippen molar-refractivity contribution in [2.24, 2.45) is 0 Å². The first kappa shape index (κ1) is 25.7. The average Bonchev–Trinajstić information content (AvgIpc) is 3.36. The molecule has 2 heterocycles. The number of hydrogen-bond acceptors (Lipinski definition) is 6. The number of benzene rings is 3. The first-order valence-electron chi connectivity index (χ1n) is 12.2. The number of carbonyl (C=O) groups excluding carboxylic acids is 1. The second-order valence-corrected chi connectivity index (χ2v) is 10.7. The SMILES string of the molecule is Cc1noc(=O)c2ccc(NC(=O)C(O)(Cc3ccccc3Cl)CC(C)(C)c3cccc4ccoc34)cc12. The number of nitrogens with zero attached hydrogens (tertiary/aromatic N) is 1. The summed E-state index contributed by atoms with van der Waals surface area (Å²) in [6.07, 6.45) is 1.70. The summed E-state index contributed by atoms with van der Waals surface area (Å²) in [6.45, 7) is 5.65. The molecular weight excluding hydrogens is 504 g/mol. The third kappa shape index (κ3) is 4.83. The number of rotatable bonds is 7. The normalized spacial score (nSPS) is 13.5. The van der Waals surface area contributed by atoms with Crippen LogP contribution in [0.15, 0.2) is 86.7 Å². The van der Waals surface area contributed by atoms with Crippen molar-refractivity contribution in [2.75, 3.05) is 5.32 Å². The lowest BCUT2D eigenvalue weighted by atomic mass is 9.72. The highest BCUT2D eigenvalue weighted by Crippen LogP contribution is 2.39. The molecule has 0 saturated carbocycles. The van der Waals surface area contributed by atoms with E-state index in [0.717, 1.165) is 10.9 Å². The molecule has 0 aliphatic rings. The van der Waals surface area contributed by atoms with Gasteiger partial charge in [-0.05, 0) is 54.7 Å². The van der Waals surface area contributed by atoms with Gasteiger partial charge in [0.05, 0.1) is 17.3 Å². The van der Waals surface area contributed by atoms with Gasteiger partial charge in [-0.25, -0.2) is 4.79 Å². The second-order valence-electron chi connectivity index (χ2n) is 10.3. The zero-order chi connectivity index (χ0) is 27.1. The molecule has 8 heteroatoms. The van der Waals surface area contributed by atoms with Crippen LogP contribution in [-0.4, -0.2) is 21.8 Å². The van der Waals surface area contributed by atoms with Crippen LogP contribution in [0.3, 0.4) is 0 Å². The van der Waals surface area contributed by atoms with Gasteiger partial charge in [-0.1, -0.05) is 67.0 Å². The summed E-state index contributed by atoms with van der Waals surface area (Å²) in [5.41, 5.74) is 0.104. The molecule has 0 fully saturated rings. The fourth-order valence-electron chi connectivity index (χ4n) is 5.09. The van der Waals surface area contributed by atoms with Crippen LogP contribution in [0.5, 0.6) is 0 Å². The van der Waals surface area contributed by atoms with Crippen LogP contribution in [0.1, 0.15) is 37.1 Å². The number of carbonyl (C=O) groups is 1. The van der Waals surface area contributed by atoms with Crippen molar-refractivity contribution < 1.29 is 18.8 Å². The van der Waals surface area contributed by atoms with Gasteiger partial charge in [-0.2, -0.15) is 0 Å². The van der Waals surface area contributed by atoms with Crippen LogP contribution in [0, 0.1) is 6.92 Å². The molecule has 0 aliphatic carbocycles. The first-order valence-corrected chi connectivity index (χ1v) is 12.6. The van der Waals surface area contributed by atoms with E-state index in [0.29, 0.717) is 38.3 Å². The molecule has 0 radical (unpaired) electrons. The predicted octanol–water partition coefficient (Wildman–Crippen LogP) is 6.18. The van der Waals surface area contributed by atoms with Crippen LogP contribution in [0.25, 0.3) is 21.7 Å². The number of aryl methyl sites for hydroxylation is 1. The third-order valence-electron chi connectivity index (χ3n) is 6.96. The van der Waals surface area contributed by atoms with Crippen LogP contribution >= 0.6 is 11.6 Å². The monoisotopic (exact) mass is 530 g/mol. The van der Waals surface area contributed by atoms with Gasteiger partial charge in [-0.15, -0.1) is 0 Å². The van der Waals surface area contributed by atoms with Crippen molar-refractivity contribution in [1.29, 1.82) is 0 Å². The van der Waals surface area contributed by atoms with Crippen molar-refractivity contribution in [2.45, 2.75) is 44.6 Å². The number of furan rings is 1. The number of nitrogens with one attached hydrogen (secondary N) is 1. The minimum absolute atomic E-state index is 0.00613. The van der Waals surface area contributed by atoms with Gasteiger partial charge in [0.25, 0.3) is 5.91 Å². The third-order valence-corrected chi connectivity index (χ3v) is 7.33. The van der Waals surface area contributed by atoms with E-state index in [1.54, 1.807) is 49.6 Å². The zero-order valence-electron chi connectivity index (χ0n) is 21.2. The van der Waals surface area contributed by atoms with E-state index < -0.39 is 22.5 Å². The molecular formula is C30H27ClN2O5. The molecule has 7 nitrogen and oxygen atoms in total. The van der Waals surface area contributed by atoms with Gasteiger partial charge < -0.3 is 19.4 Å². The molecule has 3 aromatic carbocycles. The molecule has 2 N–H and O–H groups in total. The van der Waals surface area contributed by atoms with E-state index in [1.807, 2.05) is 44.2 Å². The quantitative estimate of drug-likeness (QED) is 0.260. The fourth-order valence-corrected chi connectivity index (χ4v) is 5.29.